The summed E-state index contributed by atoms with van der Waals surface area (Å²) in [5, 5.41) is 4.78. The van der Waals surface area contributed by atoms with Crippen molar-refractivity contribution in [2.45, 2.75) is 19.3 Å². The molecule has 0 fully saturated rings. The number of nitrogens with zero attached hydrogens (tertiary/aromatic N) is 1. The van der Waals surface area contributed by atoms with Crippen LogP contribution < -0.4 is 4.90 Å². The maximum absolute atomic E-state index is 6.27. The average molecular weight is 730 g/mol. The van der Waals surface area contributed by atoms with Crippen molar-refractivity contribution in [1.29, 1.82) is 0 Å². The van der Waals surface area contributed by atoms with Crippen LogP contribution in [0.25, 0.3) is 77.2 Å². The van der Waals surface area contributed by atoms with E-state index in [9.17, 15) is 0 Å². The number of para-hydroxylation sites is 2. The lowest BCUT2D eigenvalue weighted by Gasteiger charge is -2.29. The van der Waals surface area contributed by atoms with Gasteiger partial charge in [-0.3, -0.25) is 0 Å². The summed E-state index contributed by atoms with van der Waals surface area (Å²) in [7, 11) is 0. The van der Waals surface area contributed by atoms with E-state index in [1.165, 1.54) is 55.3 Å². The number of hydrogen-bond acceptors (Lipinski definition) is 2. The average Bonchev–Trinajstić information content (AvgIpc) is 3.76. The van der Waals surface area contributed by atoms with Gasteiger partial charge in [0.2, 0.25) is 0 Å². The summed E-state index contributed by atoms with van der Waals surface area (Å²) < 4.78 is 6.27. The van der Waals surface area contributed by atoms with E-state index in [0.29, 0.717) is 0 Å². The zero-order chi connectivity index (χ0) is 38.1. The van der Waals surface area contributed by atoms with Crippen LogP contribution in [0, 0.1) is 0 Å². The lowest BCUT2D eigenvalue weighted by atomic mass is 9.82. The Bertz CT molecular complexity index is 3150. The normalized spacial score (nSPS) is 12.9. The van der Waals surface area contributed by atoms with Gasteiger partial charge in [-0.05, 0) is 115 Å². The first-order valence-corrected chi connectivity index (χ1v) is 19.8. The minimum absolute atomic E-state index is 0.0869. The van der Waals surface area contributed by atoms with Crippen LogP contribution in [-0.4, -0.2) is 0 Å². The minimum Gasteiger partial charge on any atom is -0.456 e. The van der Waals surface area contributed by atoms with Crippen LogP contribution in [-0.2, 0) is 5.41 Å². The topological polar surface area (TPSA) is 16.4 Å². The molecule has 0 N–H and O–H groups in total. The summed E-state index contributed by atoms with van der Waals surface area (Å²) in [5.74, 6) is 0. The number of benzene rings is 9. The van der Waals surface area contributed by atoms with Gasteiger partial charge in [0.05, 0.1) is 5.69 Å². The fourth-order valence-electron chi connectivity index (χ4n) is 9.18. The van der Waals surface area contributed by atoms with Gasteiger partial charge in [0.1, 0.15) is 11.2 Å². The summed E-state index contributed by atoms with van der Waals surface area (Å²) in [6.07, 6.45) is 0. The molecular formula is C55H39NO. The van der Waals surface area contributed by atoms with Gasteiger partial charge in [0, 0.05) is 33.1 Å². The van der Waals surface area contributed by atoms with E-state index in [-0.39, 0.29) is 5.41 Å². The minimum atomic E-state index is -0.0869. The molecule has 9 aromatic carbocycles. The van der Waals surface area contributed by atoms with E-state index < -0.39 is 0 Å². The zero-order valence-corrected chi connectivity index (χ0v) is 31.9. The van der Waals surface area contributed by atoms with Crippen molar-refractivity contribution in [2.75, 3.05) is 4.90 Å². The van der Waals surface area contributed by atoms with E-state index in [1.54, 1.807) is 0 Å². The van der Waals surface area contributed by atoms with Gasteiger partial charge in [-0.15, -0.1) is 0 Å². The first-order valence-electron chi connectivity index (χ1n) is 19.8. The van der Waals surface area contributed by atoms with Crippen molar-refractivity contribution < 1.29 is 4.42 Å². The molecule has 1 aromatic heterocycles. The van der Waals surface area contributed by atoms with Crippen LogP contribution in [0.4, 0.5) is 17.1 Å². The Morgan fingerprint density at radius 3 is 1.74 bits per heavy atom. The first-order chi connectivity index (χ1) is 28.0. The molecule has 11 rings (SSSR count). The maximum Gasteiger partial charge on any atom is 0.136 e. The molecule has 0 amide bonds. The number of anilines is 3. The fourth-order valence-corrected chi connectivity index (χ4v) is 9.18. The van der Waals surface area contributed by atoms with Crippen LogP contribution in [0.1, 0.15) is 25.0 Å². The van der Waals surface area contributed by atoms with Gasteiger partial charge in [0.25, 0.3) is 0 Å². The zero-order valence-electron chi connectivity index (χ0n) is 31.9. The highest BCUT2D eigenvalue weighted by Crippen LogP contribution is 2.53. The summed E-state index contributed by atoms with van der Waals surface area (Å²) in [5.41, 5.74) is 17.5. The molecule has 0 aliphatic heterocycles. The Balaban J connectivity index is 1.05. The van der Waals surface area contributed by atoms with Crippen molar-refractivity contribution in [1.82, 2.24) is 0 Å². The summed E-state index contributed by atoms with van der Waals surface area (Å²) >= 11 is 0. The van der Waals surface area contributed by atoms with E-state index in [0.717, 1.165) is 50.1 Å². The van der Waals surface area contributed by atoms with Gasteiger partial charge in [0.15, 0.2) is 0 Å². The molecule has 0 unspecified atom stereocenters. The van der Waals surface area contributed by atoms with E-state index in [1.807, 2.05) is 12.1 Å². The van der Waals surface area contributed by atoms with Crippen LogP contribution in [0.3, 0.4) is 0 Å². The van der Waals surface area contributed by atoms with Crippen molar-refractivity contribution in [3.63, 3.8) is 0 Å². The second-order valence-electron chi connectivity index (χ2n) is 15.7. The number of fused-ring (bicyclic) bond motifs is 7. The molecule has 1 heterocycles. The molecule has 57 heavy (non-hydrogen) atoms. The Labute approximate surface area is 332 Å². The standard InChI is InChI=1S/C55H39NO/c1-55(2)49-18-8-5-16-48(49)54-47(17-11-19-50(54)55)44-14-6-9-20-51(44)56(42-29-24-37(25-30-42)40-23-22-36-12-3-4-13-39(36)34-40)43-31-26-38(27-32-43)41-28-33-46-45-15-7-10-21-52(45)57-53(46)35-41/h3-35H,1-2H3. The molecule has 0 spiro atoms. The SMILES string of the molecule is CC1(C)c2ccccc2-c2c(-c3ccccc3N(c3ccc(-c4ccc5ccccc5c4)cc3)c3ccc(-c4ccc5c(c4)oc4ccccc45)cc3)cccc21. The van der Waals surface area contributed by atoms with E-state index >= 15 is 0 Å². The Hall–Kier alpha value is -7.16. The second-order valence-corrected chi connectivity index (χ2v) is 15.7. The Morgan fingerprint density at radius 1 is 0.386 bits per heavy atom. The van der Waals surface area contributed by atoms with E-state index in [4.69, 9.17) is 4.42 Å². The molecule has 1 aliphatic carbocycles. The third kappa shape index (κ3) is 5.40. The molecule has 1 aliphatic rings. The third-order valence-corrected chi connectivity index (χ3v) is 12.1. The second kappa shape index (κ2) is 13.0. The molecule has 0 saturated carbocycles. The molecule has 270 valence electrons. The molecule has 0 radical (unpaired) electrons. The Morgan fingerprint density at radius 2 is 0.947 bits per heavy atom. The Kier molecular flexibility index (Phi) is 7.55. The quantitative estimate of drug-likeness (QED) is 0.169. The largest absolute Gasteiger partial charge is 0.456 e. The molecular weight excluding hydrogens is 691 g/mol. The predicted molar refractivity (Wildman–Crippen MR) is 240 cm³/mol. The van der Waals surface area contributed by atoms with Crippen LogP contribution >= 0.6 is 0 Å². The third-order valence-electron chi connectivity index (χ3n) is 12.1. The van der Waals surface area contributed by atoms with Gasteiger partial charge in [-0.1, -0.05) is 159 Å². The molecule has 10 aromatic rings. The summed E-state index contributed by atoms with van der Waals surface area (Å²) in [4.78, 5) is 2.41. The predicted octanol–water partition coefficient (Wildman–Crippen LogP) is 15.5. The van der Waals surface area contributed by atoms with Gasteiger partial charge < -0.3 is 9.32 Å². The molecule has 0 atom stereocenters. The monoisotopic (exact) mass is 729 g/mol. The number of rotatable bonds is 6. The van der Waals surface area contributed by atoms with E-state index in [2.05, 4.69) is 207 Å². The highest BCUT2D eigenvalue weighted by Gasteiger charge is 2.37. The highest BCUT2D eigenvalue weighted by molar-refractivity contribution is 6.06. The first kappa shape index (κ1) is 33.2. The molecule has 0 bridgehead atoms. The van der Waals surface area contributed by atoms with Crippen molar-refractivity contribution in [3.8, 4) is 44.5 Å². The van der Waals surface area contributed by atoms with Crippen LogP contribution in [0.2, 0.25) is 0 Å². The molecule has 2 nitrogen and oxygen atoms in total. The summed E-state index contributed by atoms with van der Waals surface area (Å²) in [6.45, 7) is 4.70. The van der Waals surface area contributed by atoms with Crippen LogP contribution in [0.15, 0.2) is 205 Å². The number of furan rings is 1. The number of hydrogen-bond donors (Lipinski definition) is 0. The molecule has 0 saturated heterocycles. The van der Waals surface area contributed by atoms with Crippen molar-refractivity contribution in [2.24, 2.45) is 0 Å². The van der Waals surface area contributed by atoms with Gasteiger partial charge >= 0.3 is 0 Å². The highest BCUT2D eigenvalue weighted by atomic mass is 16.3. The maximum atomic E-state index is 6.27. The van der Waals surface area contributed by atoms with Crippen LogP contribution in [0.5, 0.6) is 0 Å². The summed E-state index contributed by atoms with van der Waals surface area (Å²) in [6, 6.07) is 72.7. The van der Waals surface area contributed by atoms with Gasteiger partial charge in [-0.2, -0.15) is 0 Å². The molecule has 2 heteroatoms. The van der Waals surface area contributed by atoms with Crippen molar-refractivity contribution >= 4 is 49.8 Å². The lowest BCUT2D eigenvalue weighted by Crippen LogP contribution is -2.14. The van der Waals surface area contributed by atoms with Gasteiger partial charge in [-0.25, -0.2) is 0 Å². The lowest BCUT2D eigenvalue weighted by molar-refractivity contribution is 0.660. The fraction of sp³-hybridized carbons (Fsp3) is 0.0545. The van der Waals surface area contributed by atoms with Crippen molar-refractivity contribution in [3.05, 3.63) is 211 Å². The smallest absolute Gasteiger partial charge is 0.136 e.